The van der Waals surface area contributed by atoms with Gasteiger partial charge in [-0.25, -0.2) is 0 Å². The highest BCUT2D eigenvalue weighted by Crippen LogP contribution is 2.25. The van der Waals surface area contributed by atoms with E-state index in [2.05, 4.69) is 20.9 Å². The number of fused-ring (bicyclic) bond motifs is 1. The zero-order valence-electron chi connectivity index (χ0n) is 14.0. The molecule has 0 atom stereocenters. The lowest BCUT2D eigenvalue weighted by Gasteiger charge is -2.04. The Kier molecular flexibility index (Phi) is 6.05. The number of carbonyl (C=O) groups excluding carboxylic acids is 1. The monoisotopic (exact) mass is 469 g/mol. The van der Waals surface area contributed by atoms with Crippen LogP contribution in [-0.2, 0) is 11.3 Å². The van der Waals surface area contributed by atoms with Gasteiger partial charge in [0.1, 0.15) is 5.56 Å². The fourth-order valence-corrected chi connectivity index (χ4v) is 4.30. The smallest absolute Gasteiger partial charge is 0.286 e. The van der Waals surface area contributed by atoms with Gasteiger partial charge in [0.05, 0.1) is 21.7 Å². The summed E-state index contributed by atoms with van der Waals surface area (Å²) in [6, 6.07) is 9.56. The van der Waals surface area contributed by atoms with E-state index >= 15 is 0 Å². The highest BCUT2D eigenvalue weighted by Gasteiger charge is 2.20. The van der Waals surface area contributed by atoms with Crippen molar-refractivity contribution in [2.45, 2.75) is 6.54 Å². The van der Waals surface area contributed by atoms with Crippen molar-refractivity contribution in [1.29, 1.82) is 0 Å². The summed E-state index contributed by atoms with van der Waals surface area (Å²) in [4.78, 5) is 27.9. The number of thiazole rings is 1. The van der Waals surface area contributed by atoms with E-state index < -0.39 is 10.8 Å². The Bertz CT molecular complexity index is 1110. The van der Waals surface area contributed by atoms with Gasteiger partial charge in [-0.15, -0.1) is 0 Å². The maximum atomic E-state index is 12.7. The van der Waals surface area contributed by atoms with Gasteiger partial charge >= 0.3 is 0 Å². The summed E-state index contributed by atoms with van der Waals surface area (Å²) in [7, 11) is 1.59. The highest BCUT2D eigenvalue weighted by molar-refractivity contribution is 9.10. The van der Waals surface area contributed by atoms with Crippen LogP contribution in [0.4, 0.5) is 5.69 Å². The number of hydrogen-bond donors (Lipinski definition) is 0. The molecule has 1 heterocycles. The van der Waals surface area contributed by atoms with E-state index in [1.165, 1.54) is 29.5 Å². The van der Waals surface area contributed by atoms with Crippen LogP contribution in [0.15, 0.2) is 45.9 Å². The molecule has 0 saturated heterocycles. The van der Waals surface area contributed by atoms with E-state index in [-0.39, 0.29) is 16.3 Å². The number of amides is 1. The molecule has 2 aromatic carbocycles. The first-order valence-electron chi connectivity index (χ1n) is 7.71. The number of nitro benzene ring substituents is 1. The van der Waals surface area contributed by atoms with Crippen molar-refractivity contribution in [1.82, 2.24) is 4.57 Å². The van der Waals surface area contributed by atoms with Crippen molar-refractivity contribution >= 4 is 60.7 Å². The van der Waals surface area contributed by atoms with Gasteiger partial charge in [0.25, 0.3) is 11.6 Å². The van der Waals surface area contributed by atoms with Crippen molar-refractivity contribution in [3.05, 3.63) is 66.4 Å². The highest BCUT2D eigenvalue weighted by atomic mass is 79.9. The van der Waals surface area contributed by atoms with Crippen LogP contribution in [0.2, 0.25) is 5.02 Å². The Morgan fingerprint density at radius 2 is 2.15 bits per heavy atom. The molecule has 0 saturated carbocycles. The molecule has 0 spiro atoms. The van der Waals surface area contributed by atoms with Crippen LogP contribution in [0, 0.1) is 10.1 Å². The van der Waals surface area contributed by atoms with Crippen molar-refractivity contribution in [2.24, 2.45) is 4.99 Å². The van der Waals surface area contributed by atoms with Crippen LogP contribution in [0.25, 0.3) is 10.2 Å². The predicted octanol–water partition coefficient (Wildman–Crippen LogP) is 4.41. The molecule has 0 aliphatic carbocycles. The minimum absolute atomic E-state index is 0.149. The Balaban J connectivity index is 2.16. The van der Waals surface area contributed by atoms with E-state index in [1.54, 1.807) is 7.11 Å². The third kappa shape index (κ3) is 4.27. The summed E-state index contributed by atoms with van der Waals surface area (Å²) in [5, 5.41) is 11.4. The van der Waals surface area contributed by atoms with Crippen LogP contribution in [0.5, 0.6) is 0 Å². The molecule has 0 unspecified atom stereocenters. The van der Waals surface area contributed by atoms with Gasteiger partial charge in [-0.3, -0.25) is 14.9 Å². The summed E-state index contributed by atoms with van der Waals surface area (Å²) < 4.78 is 8.82. The van der Waals surface area contributed by atoms with E-state index in [9.17, 15) is 14.9 Å². The summed E-state index contributed by atoms with van der Waals surface area (Å²) in [5.41, 5.74) is 0.414. The number of nitrogens with zero attached hydrogens (tertiary/aromatic N) is 3. The molecule has 3 aromatic rings. The van der Waals surface area contributed by atoms with Crippen LogP contribution < -0.4 is 4.80 Å². The van der Waals surface area contributed by atoms with Crippen LogP contribution in [0.1, 0.15) is 10.4 Å². The molecule has 0 aliphatic heterocycles. The largest absolute Gasteiger partial charge is 0.383 e. The molecule has 0 N–H and O–H groups in total. The van der Waals surface area contributed by atoms with Crippen LogP contribution >= 0.6 is 38.9 Å². The zero-order valence-corrected chi connectivity index (χ0v) is 17.2. The molecule has 0 bridgehead atoms. The summed E-state index contributed by atoms with van der Waals surface area (Å²) >= 11 is 10.7. The molecule has 1 aromatic heterocycles. The maximum absolute atomic E-state index is 12.7. The average Bonchev–Trinajstić information content (AvgIpc) is 2.95. The first-order chi connectivity index (χ1) is 12.9. The Hall–Kier alpha value is -2.07. The van der Waals surface area contributed by atoms with Crippen molar-refractivity contribution < 1.29 is 14.5 Å². The Labute approximate surface area is 171 Å². The second-order valence-electron chi connectivity index (χ2n) is 5.48. The number of rotatable bonds is 5. The molecule has 0 radical (unpaired) electrons. The third-order valence-electron chi connectivity index (χ3n) is 3.75. The molecule has 0 fully saturated rings. The minimum atomic E-state index is -0.721. The van der Waals surface area contributed by atoms with Crippen LogP contribution in [-0.4, -0.2) is 29.1 Å². The minimum Gasteiger partial charge on any atom is -0.383 e. The number of ether oxygens (including phenoxy) is 1. The Morgan fingerprint density at radius 3 is 2.85 bits per heavy atom. The van der Waals surface area contributed by atoms with E-state index in [4.69, 9.17) is 16.3 Å². The molecule has 0 aliphatic rings. The summed E-state index contributed by atoms with van der Waals surface area (Å²) in [6.07, 6.45) is 0. The van der Waals surface area contributed by atoms with Gasteiger partial charge in [0.2, 0.25) is 0 Å². The zero-order chi connectivity index (χ0) is 19.6. The van der Waals surface area contributed by atoms with Crippen molar-refractivity contribution in [3.8, 4) is 0 Å². The average molecular weight is 471 g/mol. The lowest BCUT2D eigenvalue weighted by molar-refractivity contribution is -0.385. The molecular formula is C17H13BrClN3O4S. The lowest BCUT2D eigenvalue weighted by atomic mass is 10.2. The second kappa shape index (κ2) is 8.30. The molecule has 7 nitrogen and oxygen atoms in total. The molecule has 10 heteroatoms. The number of carbonyl (C=O) groups is 1. The van der Waals surface area contributed by atoms with Gasteiger partial charge in [-0.1, -0.05) is 38.9 Å². The number of hydrogen-bond acceptors (Lipinski definition) is 5. The second-order valence-corrected chi connectivity index (χ2v) is 7.84. The van der Waals surface area contributed by atoms with Crippen molar-refractivity contribution in [2.75, 3.05) is 13.7 Å². The van der Waals surface area contributed by atoms with E-state index in [0.29, 0.717) is 18.0 Å². The maximum Gasteiger partial charge on any atom is 0.286 e. The van der Waals surface area contributed by atoms with Gasteiger partial charge in [0.15, 0.2) is 4.80 Å². The molecular weight excluding hydrogens is 458 g/mol. The predicted molar refractivity (Wildman–Crippen MR) is 107 cm³/mol. The Morgan fingerprint density at radius 1 is 1.37 bits per heavy atom. The summed E-state index contributed by atoms with van der Waals surface area (Å²) in [5.74, 6) is -0.721. The van der Waals surface area contributed by atoms with Crippen molar-refractivity contribution in [3.63, 3.8) is 0 Å². The first kappa shape index (κ1) is 19.7. The van der Waals surface area contributed by atoms with E-state index in [0.717, 1.165) is 14.7 Å². The third-order valence-corrected chi connectivity index (χ3v) is 5.52. The SMILES string of the molecule is COCCn1c(=NC(=O)c2cc(Cl)ccc2[N+](=O)[O-])sc2cc(Br)ccc21. The molecule has 3 rings (SSSR count). The number of aromatic nitrogens is 1. The number of nitro groups is 1. The molecule has 140 valence electrons. The molecule has 27 heavy (non-hydrogen) atoms. The summed E-state index contributed by atoms with van der Waals surface area (Å²) in [6.45, 7) is 0.919. The van der Waals surface area contributed by atoms with Gasteiger partial charge < -0.3 is 9.30 Å². The number of benzene rings is 2. The lowest BCUT2D eigenvalue weighted by Crippen LogP contribution is -2.19. The number of methoxy groups -OCH3 is 1. The van der Waals surface area contributed by atoms with Gasteiger partial charge in [-0.2, -0.15) is 4.99 Å². The van der Waals surface area contributed by atoms with Gasteiger partial charge in [-0.05, 0) is 30.3 Å². The first-order valence-corrected chi connectivity index (χ1v) is 9.70. The quantitative estimate of drug-likeness (QED) is 0.408. The number of halogens is 2. The molecule has 1 amide bonds. The van der Waals surface area contributed by atoms with Crippen LogP contribution in [0.3, 0.4) is 0 Å². The topological polar surface area (TPSA) is 86.7 Å². The van der Waals surface area contributed by atoms with Gasteiger partial charge in [0, 0.05) is 29.2 Å². The van der Waals surface area contributed by atoms with E-state index in [1.807, 2.05) is 22.8 Å². The fourth-order valence-electron chi connectivity index (χ4n) is 2.52. The standard InChI is InChI=1S/C17H13BrClN3O4S/c1-26-7-6-21-14-4-2-10(18)8-15(14)27-17(21)20-16(23)12-9-11(19)3-5-13(12)22(24)25/h2-5,8-9H,6-7H2,1H3. The fraction of sp³-hybridized carbons (Fsp3) is 0.176. The normalized spacial score (nSPS) is 11.9.